The van der Waals surface area contributed by atoms with Crippen molar-refractivity contribution in [2.45, 2.75) is 0 Å². The Morgan fingerprint density at radius 1 is 0.381 bits per heavy atom. The van der Waals surface area contributed by atoms with Crippen molar-refractivity contribution in [2.75, 3.05) is 0 Å². The number of fused-ring (bicyclic) bond motifs is 4. The Kier molecular flexibility index (Phi) is 4.21. The first-order valence-electron chi connectivity index (χ1n) is 14.4. The van der Waals surface area contributed by atoms with E-state index < -0.39 is 0 Å². The monoisotopic (exact) mass is 533 g/mol. The van der Waals surface area contributed by atoms with Crippen LogP contribution in [0.1, 0.15) is 0 Å². The molecule has 2 aromatic heterocycles. The third-order valence-corrected chi connectivity index (χ3v) is 9.13. The Balaban J connectivity index is 1.32. The molecule has 0 saturated heterocycles. The Hall–Kier alpha value is -5.60. The number of aromatic nitrogens is 1. The van der Waals surface area contributed by atoms with Crippen molar-refractivity contribution < 1.29 is 4.42 Å². The first-order valence-corrected chi connectivity index (χ1v) is 14.4. The first-order chi connectivity index (χ1) is 20.8. The minimum atomic E-state index is 0.935. The van der Waals surface area contributed by atoms with Crippen LogP contribution in [0, 0.1) is 0 Å². The molecule has 0 amide bonds. The molecule has 2 heterocycles. The maximum Gasteiger partial charge on any atom is 0.136 e. The summed E-state index contributed by atoms with van der Waals surface area (Å²) < 4.78 is 8.91. The molecule has 2 nitrogen and oxygen atoms in total. The van der Waals surface area contributed by atoms with Crippen LogP contribution in [0.15, 0.2) is 144 Å². The second-order valence-electron chi connectivity index (χ2n) is 11.3. The lowest BCUT2D eigenvalue weighted by Gasteiger charge is -2.10. The maximum atomic E-state index is 6.49. The molecule has 42 heavy (non-hydrogen) atoms. The van der Waals surface area contributed by atoms with E-state index in [1.54, 1.807) is 0 Å². The highest BCUT2D eigenvalue weighted by atomic mass is 16.3. The van der Waals surface area contributed by atoms with Gasteiger partial charge in [0.15, 0.2) is 0 Å². The summed E-state index contributed by atoms with van der Waals surface area (Å²) in [5, 5.41) is 12.5. The predicted octanol–water partition coefficient (Wildman–Crippen LogP) is 11.2. The topological polar surface area (TPSA) is 18.1 Å². The summed E-state index contributed by atoms with van der Waals surface area (Å²) in [4.78, 5) is 0. The van der Waals surface area contributed by atoms with Crippen LogP contribution in [0.2, 0.25) is 0 Å². The molecule has 0 aliphatic carbocycles. The minimum Gasteiger partial charge on any atom is -0.456 e. The van der Waals surface area contributed by atoms with Crippen LogP contribution in [0.3, 0.4) is 0 Å². The zero-order valence-electron chi connectivity index (χ0n) is 22.6. The van der Waals surface area contributed by atoms with Crippen molar-refractivity contribution in [3.05, 3.63) is 140 Å². The lowest BCUT2D eigenvalue weighted by atomic mass is 9.95. The van der Waals surface area contributed by atoms with Crippen molar-refractivity contribution in [3.63, 3.8) is 0 Å². The molecule has 0 unspecified atom stereocenters. The van der Waals surface area contributed by atoms with Gasteiger partial charge in [0.25, 0.3) is 0 Å². The van der Waals surface area contributed by atoms with E-state index in [9.17, 15) is 0 Å². The number of rotatable bonds is 2. The lowest BCUT2D eigenvalue weighted by Crippen LogP contribution is -1.93. The van der Waals surface area contributed by atoms with E-state index in [1.165, 1.54) is 76.0 Å². The number of benzene rings is 7. The van der Waals surface area contributed by atoms with Crippen molar-refractivity contribution in [2.24, 2.45) is 0 Å². The molecule has 0 N–H and O–H groups in total. The van der Waals surface area contributed by atoms with E-state index in [1.807, 2.05) is 0 Å². The van der Waals surface area contributed by atoms with E-state index in [2.05, 4.69) is 144 Å². The van der Waals surface area contributed by atoms with Crippen molar-refractivity contribution in [3.8, 4) is 16.8 Å². The average Bonchev–Trinajstić information content (AvgIpc) is 3.60. The molecule has 0 aliphatic rings. The lowest BCUT2D eigenvalue weighted by molar-refractivity contribution is 0.669. The summed E-state index contributed by atoms with van der Waals surface area (Å²) in [6.07, 6.45) is 0. The number of hydrogen-bond acceptors (Lipinski definition) is 1. The van der Waals surface area contributed by atoms with Gasteiger partial charge >= 0.3 is 0 Å². The fourth-order valence-electron chi connectivity index (χ4n) is 7.31. The average molecular weight is 534 g/mol. The molecule has 194 valence electrons. The summed E-state index contributed by atoms with van der Waals surface area (Å²) >= 11 is 0. The minimum absolute atomic E-state index is 0.935. The van der Waals surface area contributed by atoms with Crippen molar-refractivity contribution in [1.29, 1.82) is 0 Å². The highest BCUT2D eigenvalue weighted by molar-refractivity contribution is 6.38. The summed E-state index contributed by atoms with van der Waals surface area (Å²) in [7, 11) is 0. The van der Waals surface area contributed by atoms with E-state index in [-0.39, 0.29) is 0 Å². The van der Waals surface area contributed by atoms with Gasteiger partial charge in [-0.2, -0.15) is 0 Å². The largest absolute Gasteiger partial charge is 0.456 e. The highest BCUT2D eigenvalue weighted by Gasteiger charge is 2.22. The second kappa shape index (κ2) is 7.99. The Labute approximate surface area is 241 Å². The normalized spacial score (nSPS) is 12.3. The summed E-state index contributed by atoms with van der Waals surface area (Å²) in [6, 6.07) is 50.6. The zero-order valence-corrected chi connectivity index (χ0v) is 22.6. The molecule has 2 heteroatoms. The molecular weight excluding hydrogens is 510 g/mol. The van der Waals surface area contributed by atoms with Crippen molar-refractivity contribution in [1.82, 2.24) is 4.57 Å². The Bertz CT molecular complexity index is 2670. The molecule has 0 fully saturated rings. The molecular formula is C40H23NO. The van der Waals surface area contributed by atoms with Gasteiger partial charge in [-0.15, -0.1) is 0 Å². The molecule has 10 rings (SSSR count). The fourth-order valence-corrected chi connectivity index (χ4v) is 7.31. The van der Waals surface area contributed by atoms with Crippen LogP contribution < -0.4 is 0 Å². The van der Waals surface area contributed by atoms with Crippen LogP contribution in [0.5, 0.6) is 0 Å². The fraction of sp³-hybridized carbons (Fsp3) is 0. The van der Waals surface area contributed by atoms with Gasteiger partial charge in [-0.3, -0.25) is 0 Å². The molecule has 10 aromatic rings. The highest BCUT2D eigenvalue weighted by Crippen LogP contribution is 2.46. The standard InChI is InChI=1S/C40H23NO/c1-2-8-26-23-27(16-15-24(26)7-1)25-17-19-28(20-18-25)41-33-13-5-11-31-29-9-3-4-10-30(29)32-12-6-14-35-38(32)40-36(42-35)22-21-34(41)39(40)37(31)33/h1-23H. The van der Waals surface area contributed by atoms with E-state index in [4.69, 9.17) is 4.42 Å². The summed E-state index contributed by atoms with van der Waals surface area (Å²) in [6.45, 7) is 0. The maximum absolute atomic E-state index is 6.49. The van der Waals surface area contributed by atoms with Crippen LogP contribution in [0.4, 0.5) is 0 Å². The van der Waals surface area contributed by atoms with E-state index in [0.717, 1.165) is 16.9 Å². The summed E-state index contributed by atoms with van der Waals surface area (Å²) in [5.74, 6) is 0. The molecule has 0 saturated carbocycles. The summed E-state index contributed by atoms with van der Waals surface area (Å²) in [5.41, 5.74) is 7.86. The first kappa shape index (κ1) is 22.1. The van der Waals surface area contributed by atoms with E-state index in [0.29, 0.717) is 0 Å². The molecule has 0 aliphatic heterocycles. The van der Waals surface area contributed by atoms with Crippen LogP contribution in [0.25, 0.3) is 92.9 Å². The molecule has 0 spiro atoms. The van der Waals surface area contributed by atoms with Crippen LogP contribution in [-0.4, -0.2) is 4.57 Å². The predicted molar refractivity (Wildman–Crippen MR) is 177 cm³/mol. The number of furan rings is 1. The third-order valence-electron chi connectivity index (χ3n) is 9.13. The SMILES string of the molecule is c1ccc2cc(-c3ccc(-n4c5cccc6c7ccccc7c7cccc8oc9ccc4c(c9c87)c65)cc3)ccc2c1. The second-order valence-corrected chi connectivity index (χ2v) is 11.3. The molecule has 0 radical (unpaired) electrons. The van der Waals surface area contributed by atoms with Gasteiger partial charge in [-0.25, -0.2) is 0 Å². The number of nitrogens with zero attached hydrogens (tertiary/aromatic N) is 1. The quantitative estimate of drug-likeness (QED) is 0.216. The van der Waals surface area contributed by atoms with Gasteiger partial charge in [0.2, 0.25) is 0 Å². The zero-order chi connectivity index (χ0) is 27.4. The number of hydrogen-bond donors (Lipinski definition) is 0. The van der Waals surface area contributed by atoms with Gasteiger partial charge in [0.05, 0.1) is 11.0 Å². The van der Waals surface area contributed by atoms with Gasteiger partial charge in [0.1, 0.15) is 11.2 Å². The van der Waals surface area contributed by atoms with Gasteiger partial charge in [-0.1, -0.05) is 97.1 Å². The Morgan fingerprint density at radius 3 is 1.86 bits per heavy atom. The van der Waals surface area contributed by atoms with Gasteiger partial charge in [-0.05, 0) is 85.9 Å². The Morgan fingerprint density at radius 2 is 1.02 bits per heavy atom. The molecule has 8 aromatic carbocycles. The van der Waals surface area contributed by atoms with Crippen LogP contribution >= 0.6 is 0 Å². The molecule has 0 atom stereocenters. The van der Waals surface area contributed by atoms with Gasteiger partial charge < -0.3 is 8.98 Å². The smallest absolute Gasteiger partial charge is 0.136 e. The van der Waals surface area contributed by atoms with E-state index >= 15 is 0 Å². The molecule has 0 bridgehead atoms. The van der Waals surface area contributed by atoms with Gasteiger partial charge in [0, 0.05) is 27.2 Å². The van der Waals surface area contributed by atoms with Crippen molar-refractivity contribution >= 4 is 76.1 Å². The third kappa shape index (κ3) is 2.83. The van der Waals surface area contributed by atoms with Crippen LogP contribution in [-0.2, 0) is 0 Å².